The minimum Gasteiger partial charge on any atom is -0.386 e. The lowest BCUT2D eigenvalue weighted by molar-refractivity contribution is 0.220. The van der Waals surface area contributed by atoms with E-state index in [0.717, 1.165) is 32.1 Å². The second kappa shape index (κ2) is 4.40. The first-order valence-electron chi connectivity index (χ1n) is 5.74. The summed E-state index contributed by atoms with van der Waals surface area (Å²) in [7, 11) is 0. The minimum atomic E-state index is -0.456. The Morgan fingerprint density at radius 1 is 1.41 bits per heavy atom. The average Bonchev–Trinajstić information content (AvgIpc) is 2.30. The molecule has 0 aromatic carbocycles. The van der Waals surface area contributed by atoms with Gasteiger partial charge in [-0.3, -0.25) is 5.41 Å². The summed E-state index contributed by atoms with van der Waals surface area (Å²) in [6, 6.07) is 2.24. The van der Waals surface area contributed by atoms with Crippen LogP contribution in [0.4, 0.5) is 0 Å². The Morgan fingerprint density at radius 3 is 2.59 bits per heavy atom. The second-order valence-corrected chi connectivity index (χ2v) is 5.01. The van der Waals surface area contributed by atoms with Crippen LogP contribution in [0.2, 0.25) is 0 Å². The van der Waals surface area contributed by atoms with Crippen molar-refractivity contribution >= 4 is 28.9 Å². The van der Waals surface area contributed by atoms with Gasteiger partial charge in [-0.25, -0.2) is 4.99 Å². The van der Waals surface area contributed by atoms with Crippen LogP contribution in [-0.4, -0.2) is 16.7 Å². The topological polar surface area (TPSA) is 86.0 Å². The summed E-state index contributed by atoms with van der Waals surface area (Å²) in [4.78, 5) is 4.36. The van der Waals surface area contributed by atoms with Crippen molar-refractivity contribution in [3.63, 3.8) is 0 Å². The summed E-state index contributed by atoms with van der Waals surface area (Å²) in [6.45, 7) is 0. The summed E-state index contributed by atoms with van der Waals surface area (Å²) in [5.74, 6) is 2.26. The maximum atomic E-state index is 9.32. The van der Waals surface area contributed by atoms with E-state index in [1.54, 1.807) is 0 Å². The number of aliphatic imine (C=N–C) groups is 1. The molecule has 0 aromatic heterocycles. The van der Waals surface area contributed by atoms with Crippen LogP contribution in [0.5, 0.6) is 0 Å². The monoisotopic (exact) mass is 246 g/mol. The van der Waals surface area contributed by atoms with E-state index >= 15 is 0 Å². The van der Waals surface area contributed by atoms with E-state index in [9.17, 15) is 5.26 Å². The highest BCUT2D eigenvalue weighted by molar-refractivity contribution is 7.80. The summed E-state index contributed by atoms with van der Waals surface area (Å²) < 4.78 is 0. The lowest BCUT2D eigenvalue weighted by Gasteiger charge is -2.43. The maximum Gasteiger partial charge on any atom is 0.141 e. The molecule has 2 rings (SSSR count). The van der Waals surface area contributed by atoms with Gasteiger partial charge in [0.25, 0.3) is 0 Å². The zero-order valence-electron chi connectivity index (χ0n) is 9.49. The first kappa shape index (κ1) is 12.0. The third kappa shape index (κ3) is 1.70. The molecule has 1 unspecified atom stereocenters. The molecule has 0 saturated heterocycles. The van der Waals surface area contributed by atoms with E-state index < -0.39 is 11.3 Å². The van der Waals surface area contributed by atoms with Gasteiger partial charge in [-0.1, -0.05) is 31.5 Å². The maximum absolute atomic E-state index is 9.32. The zero-order valence-corrected chi connectivity index (χ0v) is 10.3. The number of nitrogens with one attached hydrogen (secondary N) is 1. The Bertz CT molecular complexity index is 473. The van der Waals surface area contributed by atoms with Gasteiger partial charge in [0.2, 0.25) is 0 Å². The number of hydrogen-bond acceptors (Lipinski definition) is 4. The van der Waals surface area contributed by atoms with Gasteiger partial charge < -0.3 is 5.73 Å². The Balaban J connectivity index is 2.58. The van der Waals surface area contributed by atoms with Crippen LogP contribution >= 0.6 is 12.2 Å². The molecule has 17 heavy (non-hydrogen) atoms. The Labute approximate surface area is 106 Å². The van der Waals surface area contributed by atoms with E-state index in [2.05, 4.69) is 16.9 Å². The van der Waals surface area contributed by atoms with Gasteiger partial charge >= 0.3 is 0 Å². The molecule has 1 spiro atoms. The molecule has 1 saturated carbocycles. The lowest BCUT2D eigenvalue weighted by atomic mass is 9.61. The highest BCUT2D eigenvalue weighted by atomic mass is 32.1. The van der Waals surface area contributed by atoms with Gasteiger partial charge in [0.1, 0.15) is 16.7 Å². The van der Waals surface area contributed by atoms with Gasteiger partial charge in [-0.05, 0) is 18.7 Å². The van der Waals surface area contributed by atoms with Crippen molar-refractivity contribution in [1.82, 2.24) is 0 Å². The molecule has 0 aromatic rings. The quantitative estimate of drug-likeness (QED) is 0.389. The van der Waals surface area contributed by atoms with Crippen molar-refractivity contribution in [2.75, 3.05) is 0 Å². The smallest absolute Gasteiger partial charge is 0.141 e. The molecular weight excluding hydrogens is 232 g/mol. The Kier molecular flexibility index (Phi) is 3.10. The van der Waals surface area contributed by atoms with Crippen LogP contribution in [0.15, 0.2) is 10.6 Å². The highest BCUT2D eigenvalue weighted by Gasteiger charge is 2.49. The van der Waals surface area contributed by atoms with Crippen molar-refractivity contribution < 1.29 is 0 Å². The Morgan fingerprint density at radius 2 is 2.06 bits per heavy atom. The van der Waals surface area contributed by atoms with Gasteiger partial charge in [0.15, 0.2) is 0 Å². The van der Waals surface area contributed by atoms with Crippen LogP contribution < -0.4 is 5.73 Å². The number of nitrogens with two attached hydrogens (primary N) is 1. The molecule has 3 N–H and O–H groups in total. The molecule has 88 valence electrons. The van der Waals surface area contributed by atoms with Crippen LogP contribution in [-0.2, 0) is 0 Å². The fourth-order valence-electron chi connectivity index (χ4n) is 2.97. The third-order valence-electron chi connectivity index (χ3n) is 3.79. The molecular formula is C12H14N4S. The van der Waals surface area contributed by atoms with Crippen LogP contribution in [0.1, 0.15) is 32.1 Å². The second-order valence-electron chi connectivity index (χ2n) is 4.62. The SMILES string of the molecule is N#CC1C(N)=NC(=S)C(=C=N)C12CCCCC2. The van der Waals surface area contributed by atoms with Crippen LogP contribution in [0.25, 0.3) is 0 Å². The van der Waals surface area contributed by atoms with Crippen LogP contribution in [0.3, 0.4) is 0 Å². The van der Waals surface area contributed by atoms with Gasteiger partial charge in [0.05, 0.1) is 11.6 Å². The molecule has 0 amide bonds. The number of hydrogen-bond donors (Lipinski definition) is 2. The van der Waals surface area contributed by atoms with E-state index in [1.165, 1.54) is 0 Å². The van der Waals surface area contributed by atoms with Crippen molar-refractivity contribution in [1.29, 1.82) is 10.7 Å². The molecule has 4 nitrogen and oxygen atoms in total. The average molecular weight is 246 g/mol. The normalized spacial score (nSPS) is 27.2. The largest absolute Gasteiger partial charge is 0.386 e. The van der Waals surface area contributed by atoms with Crippen LogP contribution in [0, 0.1) is 28.1 Å². The zero-order chi connectivity index (χ0) is 12.5. The van der Waals surface area contributed by atoms with E-state index in [4.69, 9.17) is 23.4 Å². The highest BCUT2D eigenvalue weighted by Crippen LogP contribution is 2.49. The molecule has 0 radical (unpaired) electrons. The predicted molar refractivity (Wildman–Crippen MR) is 70.1 cm³/mol. The first-order valence-corrected chi connectivity index (χ1v) is 6.15. The Hall–Kier alpha value is -1.50. The standard InChI is InChI=1S/C12H14N4S/c13-6-8-10(15)16-11(17)9(7-14)12(8)4-2-1-3-5-12/h8,14H,1-5H2,(H2,15,16,17). The van der Waals surface area contributed by atoms with Crippen molar-refractivity contribution in [3.05, 3.63) is 5.57 Å². The molecule has 2 aliphatic rings. The summed E-state index contributed by atoms with van der Waals surface area (Å²) in [6.07, 6.45) is 4.94. The lowest BCUT2D eigenvalue weighted by Crippen LogP contribution is -2.47. The number of rotatable bonds is 0. The summed E-state index contributed by atoms with van der Waals surface area (Å²) in [5.41, 5.74) is 6.04. The first-order chi connectivity index (χ1) is 8.15. The number of thiocarbonyl (C=S) groups is 1. The third-order valence-corrected chi connectivity index (χ3v) is 4.09. The number of nitrogens with zero attached hydrogens (tertiary/aromatic N) is 2. The predicted octanol–water partition coefficient (Wildman–Crippen LogP) is 1.95. The van der Waals surface area contributed by atoms with E-state index in [1.807, 2.05) is 0 Å². The summed E-state index contributed by atoms with van der Waals surface area (Å²) >= 11 is 5.16. The number of nitriles is 1. The fraction of sp³-hybridized carbons (Fsp3) is 0.583. The van der Waals surface area contributed by atoms with Gasteiger partial charge in [-0.15, -0.1) is 0 Å². The molecule has 1 fully saturated rings. The van der Waals surface area contributed by atoms with Crippen molar-refractivity contribution in [2.24, 2.45) is 22.1 Å². The molecule has 5 heteroatoms. The van der Waals surface area contributed by atoms with Crippen molar-refractivity contribution in [2.45, 2.75) is 32.1 Å². The molecule has 1 aliphatic carbocycles. The molecule has 1 heterocycles. The van der Waals surface area contributed by atoms with Gasteiger partial charge in [0, 0.05) is 5.41 Å². The van der Waals surface area contributed by atoms with E-state index in [-0.39, 0.29) is 0 Å². The van der Waals surface area contributed by atoms with Crippen molar-refractivity contribution in [3.8, 4) is 6.07 Å². The molecule has 1 atom stereocenters. The minimum absolute atomic E-state index is 0.304. The fourth-order valence-corrected chi connectivity index (χ4v) is 3.33. The number of amidine groups is 1. The summed E-state index contributed by atoms with van der Waals surface area (Å²) in [5, 5.41) is 16.7. The molecule has 1 aliphatic heterocycles. The molecule has 0 bridgehead atoms. The van der Waals surface area contributed by atoms with Gasteiger partial charge in [-0.2, -0.15) is 5.26 Å². The van der Waals surface area contributed by atoms with E-state index in [0.29, 0.717) is 16.4 Å².